The van der Waals surface area contributed by atoms with E-state index >= 15 is 0 Å². The van der Waals surface area contributed by atoms with Crippen molar-refractivity contribution in [3.8, 4) is 5.75 Å². The second-order valence-electron chi connectivity index (χ2n) is 4.11. The van der Waals surface area contributed by atoms with Gasteiger partial charge in [-0.1, -0.05) is 6.07 Å². The molecule has 1 N–H and O–H groups in total. The number of benzene rings is 1. The first-order valence-electron chi connectivity index (χ1n) is 5.53. The van der Waals surface area contributed by atoms with Gasteiger partial charge in [0.25, 0.3) is 0 Å². The Hall–Kier alpha value is -1.00. The number of carbonyl (C=O) groups is 1. The van der Waals surface area contributed by atoms with Crippen LogP contribution in [0, 0.1) is 11.7 Å². The van der Waals surface area contributed by atoms with E-state index in [-0.39, 0.29) is 24.2 Å². The normalized spacial score (nSPS) is 20.3. The number of halogens is 3. The molecular weight excluding hydrogens is 280 g/mol. The zero-order valence-corrected chi connectivity index (χ0v) is 11.0. The summed E-state index contributed by atoms with van der Waals surface area (Å²) in [5.41, 5.74) is 0. The van der Waals surface area contributed by atoms with Crippen LogP contribution in [0.1, 0.15) is 6.42 Å². The molecule has 1 amide bonds. The van der Waals surface area contributed by atoms with Crippen molar-refractivity contribution in [2.45, 2.75) is 10.8 Å². The summed E-state index contributed by atoms with van der Waals surface area (Å²) in [6, 6.07) is 5.82. The number of carbonyl (C=O) groups excluding carboxylic acids is 1. The largest absolute Gasteiger partial charge is 0.492 e. The summed E-state index contributed by atoms with van der Waals surface area (Å²) >= 11 is 11.5. The number of amides is 1. The van der Waals surface area contributed by atoms with Crippen LogP contribution in [-0.4, -0.2) is 23.4 Å². The maximum Gasteiger partial charge on any atom is 0.226 e. The van der Waals surface area contributed by atoms with Gasteiger partial charge in [0.2, 0.25) is 5.91 Å². The molecule has 1 unspecified atom stereocenters. The van der Waals surface area contributed by atoms with Gasteiger partial charge in [0.1, 0.15) is 22.5 Å². The van der Waals surface area contributed by atoms with E-state index in [0.717, 1.165) is 0 Å². The lowest BCUT2D eigenvalue weighted by atomic mass is 10.3. The maximum absolute atomic E-state index is 12.8. The van der Waals surface area contributed by atoms with Crippen LogP contribution in [0.3, 0.4) is 0 Å². The SMILES string of the molecule is O=C(NCCOc1cccc(F)c1)C1CC1(Cl)Cl. The number of rotatable bonds is 5. The molecule has 0 aromatic heterocycles. The molecule has 1 atom stereocenters. The highest BCUT2D eigenvalue weighted by Gasteiger charge is 2.56. The molecule has 1 aromatic rings. The minimum atomic E-state index is -0.909. The summed E-state index contributed by atoms with van der Waals surface area (Å²) in [5, 5.41) is 2.66. The number of nitrogens with one attached hydrogen (secondary N) is 1. The fraction of sp³-hybridized carbons (Fsp3) is 0.417. The Kier molecular flexibility index (Phi) is 3.97. The van der Waals surface area contributed by atoms with Crippen molar-refractivity contribution in [3.05, 3.63) is 30.1 Å². The highest BCUT2D eigenvalue weighted by molar-refractivity contribution is 6.52. The lowest BCUT2D eigenvalue weighted by molar-refractivity contribution is -0.122. The highest BCUT2D eigenvalue weighted by Crippen LogP contribution is 2.53. The average Bonchev–Trinajstić information content (AvgIpc) is 2.94. The molecule has 2 rings (SSSR count). The molecule has 0 heterocycles. The second kappa shape index (κ2) is 5.33. The lowest BCUT2D eigenvalue weighted by Crippen LogP contribution is -2.30. The van der Waals surface area contributed by atoms with Gasteiger partial charge in [-0.2, -0.15) is 0 Å². The lowest BCUT2D eigenvalue weighted by Gasteiger charge is -2.07. The fourth-order valence-corrected chi connectivity index (χ4v) is 2.03. The van der Waals surface area contributed by atoms with E-state index < -0.39 is 4.33 Å². The van der Waals surface area contributed by atoms with Crippen molar-refractivity contribution in [3.63, 3.8) is 0 Å². The average molecular weight is 292 g/mol. The Balaban J connectivity index is 1.66. The Morgan fingerprint density at radius 2 is 2.28 bits per heavy atom. The van der Waals surface area contributed by atoms with Gasteiger partial charge in [-0.05, 0) is 18.6 Å². The van der Waals surface area contributed by atoms with Crippen LogP contribution < -0.4 is 10.1 Å². The van der Waals surface area contributed by atoms with Crippen molar-refractivity contribution in [2.75, 3.05) is 13.2 Å². The van der Waals surface area contributed by atoms with Crippen molar-refractivity contribution >= 4 is 29.1 Å². The molecule has 1 aliphatic carbocycles. The third kappa shape index (κ3) is 3.50. The topological polar surface area (TPSA) is 38.3 Å². The molecule has 3 nitrogen and oxygen atoms in total. The van der Waals surface area contributed by atoms with Crippen molar-refractivity contribution < 1.29 is 13.9 Å². The monoisotopic (exact) mass is 291 g/mol. The predicted molar refractivity (Wildman–Crippen MR) is 67.4 cm³/mol. The highest BCUT2D eigenvalue weighted by atomic mass is 35.5. The van der Waals surface area contributed by atoms with Crippen LogP contribution in [0.25, 0.3) is 0 Å². The molecule has 0 radical (unpaired) electrons. The molecule has 1 fully saturated rings. The maximum atomic E-state index is 12.8. The van der Waals surface area contributed by atoms with Gasteiger partial charge in [0.05, 0.1) is 12.5 Å². The Labute approximate surface area is 114 Å². The van der Waals surface area contributed by atoms with Gasteiger partial charge in [-0.15, -0.1) is 23.2 Å². The summed E-state index contributed by atoms with van der Waals surface area (Å²) in [5.74, 6) is -0.443. The quantitative estimate of drug-likeness (QED) is 0.669. The first-order chi connectivity index (χ1) is 8.49. The molecule has 98 valence electrons. The molecule has 1 aliphatic rings. The second-order valence-corrected chi connectivity index (χ2v) is 5.66. The fourth-order valence-electron chi connectivity index (χ4n) is 1.52. The van der Waals surface area contributed by atoms with E-state index in [1.165, 1.54) is 12.1 Å². The Bertz CT molecular complexity index is 453. The third-order valence-corrected chi connectivity index (χ3v) is 3.44. The van der Waals surface area contributed by atoms with Gasteiger partial charge < -0.3 is 10.1 Å². The Morgan fingerprint density at radius 3 is 2.89 bits per heavy atom. The van der Waals surface area contributed by atoms with Crippen LogP contribution in [0.2, 0.25) is 0 Å². The Morgan fingerprint density at radius 1 is 1.56 bits per heavy atom. The van der Waals surface area contributed by atoms with Crippen LogP contribution in [0.5, 0.6) is 5.75 Å². The van der Waals surface area contributed by atoms with Crippen molar-refractivity contribution in [1.82, 2.24) is 5.32 Å². The molecule has 0 saturated heterocycles. The summed E-state index contributed by atoms with van der Waals surface area (Å²) in [6.07, 6.45) is 0.479. The molecule has 0 aliphatic heterocycles. The zero-order valence-electron chi connectivity index (χ0n) is 9.46. The van der Waals surface area contributed by atoms with Crippen molar-refractivity contribution in [2.24, 2.45) is 5.92 Å². The molecule has 0 bridgehead atoms. The van der Waals surface area contributed by atoms with E-state index in [0.29, 0.717) is 18.7 Å². The summed E-state index contributed by atoms with van der Waals surface area (Å²) in [4.78, 5) is 11.5. The number of ether oxygens (including phenoxy) is 1. The number of hydrogen-bond donors (Lipinski definition) is 1. The van der Waals surface area contributed by atoms with Crippen LogP contribution >= 0.6 is 23.2 Å². The van der Waals surface area contributed by atoms with E-state index in [4.69, 9.17) is 27.9 Å². The molecular formula is C12H12Cl2FNO2. The first-order valence-corrected chi connectivity index (χ1v) is 6.28. The van der Waals surface area contributed by atoms with Gasteiger partial charge >= 0.3 is 0 Å². The molecule has 1 aromatic carbocycles. The van der Waals surface area contributed by atoms with Crippen molar-refractivity contribution in [1.29, 1.82) is 0 Å². The van der Waals surface area contributed by atoms with Crippen LogP contribution in [0.4, 0.5) is 4.39 Å². The third-order valence-electron chi connectivity index (χ3n) is 2.61. The standard InChI is InChI=1S/C12H12Cl2FNO2/c13-12(14)7-10(12)11(17)16-4-5-18-9-3-1-2-8(15)6-9/h1-3,6,10H,4-5,7H2,(H,16,17). The zero-order chi connectivity index (χ0) is 13.2. The van der Waals surface area contributed by atoms with E-state index in [2.05, 4.69) is 5.32 Å². The van der Waals surface area contributed by atoms with Gasteiger partial charge in [-0.25, -0.2) is 4.39 Å². The molecule has 1 saturated carbocycles. The van der Waals surface area contributed by atoms with Gasteiger partial charge in [0.15, 0.2) is 0 Å². The number of alkyl halides is 2. The minimum Gasteiger partial charge on any atom is -0.492 e. The first kappa shape index (κ1) is 13.4. The van der Waals surface area contributed by atoms with E-state index in [9.17, 15) is 9.18 Å². The van der Waals surface area contributed by atoms with Crippen LogP contribution in [0.15, 0.2) is 24.3 Å². The number of hydrogen-bond acceptors (Lipinski definition) is 2. The molecule has 6 heteroatoms. The summed E-state index contributed by atoms with van der Waals surface area (Å²) in [7, 11) is 0. The molecule has 18 heavy (non-hydrogen) atoms. The van der Waals surface area contributed by atoms with E-state index in [1.807, 2.05) is 0 Å². The van der Waals surface area contributed by atoms with Crippen LogP contribution in [-0.2, 0) is 4.79 Å². The predicted octanol–water partition coefficient (Wildman–Crippen LogP) is 2.51. The summed E-state index contributed by atoms with van der Waals surface area (Å²) < 4.78 is 17.2. The minimum absolute atomic E-state index is 0.178. The van der Waals surface area contributed by atoms with Gasteiger partial charge in [-0.3, -0.25) is 4.79 Å². The summed E-state index contributed by atoms with van der Waals surface area (Å²) in [6.45, 7) is 0.592. The smallest absolute Gasteiger partial charge is 0.226 e. The van der Waals surface area contributed by atoms with Gasteiger partial charge in [0, 0.05) is 6.07 Å². The molecule has 0 spiro atoms. The van der Waals surface area contributed by atoms with E-state index in [1.54, 1.807) is 12.1 Å².